The fraction of sp³-hybridized carbons (Fsp3) is 0.762. The van der Waals surface area contributed by atoms with Gasteiger partial charge in [-0.3, -0.25) is 9.59 Å². The first kappa shape index (κ1) is 20.7. The van der Waals surface area contributed by atoms with E-state index in [1.807, 2.05) is 13.8 Å². The number of nitrogens with one attached hydrogen (secondary N) is 1. The summed E-state index contributed by atoms with van der Waals surface area (Å²) in [5, 5.41) is 16.3. The van der Waals surface area contributed by atoms with Crippen molar-refractivity contribution in [3.05, 3.63) is 11.8 Å². The molecule has 156 valence electrons. The molecule has 0 saturated heterocycles. The van der Waals surface area contributed by atoms with Crippen LogP contribution in [0.15, 0.2) is 6.20 Å². The molecule has 3 atom stereocenters. The van der Waals surface area contributed by atoms with Gasteiger partial charge in [-0.1, -0.05) is 33.1 Å². The van der Waals surface area contributed by atoms with Crippen molar-refractivity contribution in [2.24, 2.45) is 23.7 Å². The van der Waals surface area contributed by atoms with Crippen LogP contribution in [0.2, 0.25) is 0 Å². The van der Waals surface area contributed by atoms with Gasteiger partial charge >= 0.3 is 5.97 Å². The Morgan fingerprint density at radius 2 is 1.93 bits per heavy atom. The van der Waals surface area contributed by atoms with Gasteiger partial charge in [0.05, 0.1) is 12.8 Å². The molecule has 1 aromatic heterocycles. The molecule has 1 aromatic rings. The summed E-state index contributed by atoms with van der Waals surface area (Å²) in [5.41, 5.74) is 0.310. The van der Waals surface area contributed by atoms with Crippen molar-refractivity contribution in [2.75, 3.05) is 6.61 Å². The Labute approximate surface area is 166 Å². The van der Waals surface area contributed by atoms with Crippen LogP contribution in [0.4, 0.5) is 0 Å². The van der Waals surface area contributed by atoms with Crippen LogP contribution in [0, 0.1) is 23.7 Å². The van der Waals surface area contributed by atoms with E-state index in [0.29, 0.717) is 18.1 Å². The minimum absolute atomic E-state index is 0.0803. The lowest BCUT2D eigenvalue weighted by Gasteiger charge is -2.41. The van der Waals surface area contributed by atoms with Crippen LogP contribution in [0.25, 0.3) is 0 Å². The van der Waals surface area contributed by atoms with Crippen molar-refractivity contribution in [3.8, 4) is 5.88 Å². The smallest absolute Gasteiger partial charge is 0.325 e. The highest BCUT2D eigenvalue weighted by molar-refractivity contribution is 5.96. The van der Waals surface area contributed by atoms with Gasteiger partial charge in [0.25, 0.3) is 5.91 Å². The van der Waals surface area contributed by atoms with E-state index < -0.39 is 5.97 Å². The lowest BCUT2D eigenvalue weighted by atomic mass is 9.66. The summed E-state index contributed by atoms with van der Waals surface area (Å²) < 4.78 is 7.00. The monoisotopic (exact) mass is 391 g/mol. The molecule has 3 rings (SSSR count). The van der Waals surface area contributed by atoms with Crippen molar-refractivity contribution in [1.29, 1.82) is 0 Å². The number of carbonyl (C=O) groups is 2. The molecule has 0 aromatic carbocycles. The predicted octanol–water partition coefficient (Wildman–Crippen LogP) is 3.34. The van der Waals surface area contributed by atoms with Gasteiger partial charge in [0.15, 0.2) is 0 Å². The number of rotatable bonds is 8. The van der Waals surface area contributed by atoms with Crippen LogP contribution in [-0.4, -0.2) is 39.4 Å². The molecule has 28 heavy (non-hydrogen) atoms. The Bertz CT molecular complexity index is 688. The van der Waals surface area contributed by atoms with Crippen molar-refractivity contribution in [3.63, 3.8) is 0 Å². The molecule has 0 aliphatic heterocycles. The molecule has 2 N–H and O–H groups in total. The van der Waals surface area contributed by atoms with Gasteiger partial charge in [-0.05, 0) is 49.9 Å². The Hall–Kier alpha value is -2.05. The second kappa shape index (κ2) is 8.97. The number of aromatic nitrogens is 2. The van der Waals surface area contributed by atoms with Crippen LogP contribution >= 0.6 is 0 Å². The third-order valence-electron chi connectivity index (χ3n) is 6.10. The number of hydrogen-bond donors (Lipinski definition) is 2. The minimum atomic E-state index is -1.02. The fourth-order valence-electron chi connectivity index (χ4n) is 4.76. The average Bonchev–Trinajstić information content (AvgIpc) is 3.01. The topological polar surface area (TPSA) is 93.5 Å². The molecule has 1 heterocycles. The first-order chi connectivity index (χ1) is 13.3. The molecular weight excluding hydrogens is 358 g/mol. The number of fused-ring (bicyclic) bond motifs is 2. The Kier molecular flexibility index (Phi) is 6.62. The molecule has 7 heteroatoms. The molecule has 2 bridgehead atoms. The maximum Gasteiger partial charge on any atom is 0.325 e. The SMILES string of the molecule is CC(C)COc1c(C(=O)NC(C)C2CC3CCCC(C3)C2)cnn1CC(=O)O. The highest BCUT2D eigenvalue weighted by atomic mass is 16.5. The number of ether oxygens (including phenoxy) is 1. The van der Waals surface area contributed by atoms with Gasteiger partial charge < -0.3 is 15.2 Å². The zero-order valence-corrected chi connectivity index (χ0v) is 17.2. The number of carbonyl (C=O) groups excluding carboxylic acids is 1. The third kappa shape index (κ3) is 5.06. The maximum absolute atomic E-state index is 12.9. The largest absolute Gasteiger partial charge is 0.480 e. The summed E-state index contributed by atoms with van der Waals surface area (Å²) in [6.45, 7) is 6.15. The summed E-state index contributed by atoms with van der Waals surface area (Å²) in [5.74, 6) is 1.35. The Morgan fingerprint density at radius 1 is 1.25 bits per heavy atom. The zero-order valence-electron chi connectivity index (χ0n) is 17.2. The second-order valence-corrected chi connectivity index (χ2v) is 9.01. The lowest BCUT2D eigenvalue weighted by Crippen LogP contribution is -2.42. The Morgan fingerprint density at radius 3 is 2.54 bits per heavy atom. The van der Waals surface area contributed by atoms with E-state index in [-0.39, 0.29) is 30.3 Å². The molecule has 7 nitrogen and oxygen atoms in total. The molecule has 2 aliphatic rings. The molecule has 0 spiro atoms. The van der Waals surface area contributed by atoms with Gasteiger partial charge in [-0.25, -0.2) is 4.68 Å². The first-order valence-corrected chi connectivity index (χ1v) is 10.5. The van der Waals surface area contributed by atoms with Gasteiger partial charge in [0.2, 0.25) is 5.88 Å². The van der Waals surface area contributed by atoms with Crippen LogP contribution < -0.4 is 10.1 Å². The number of carboxylic acids is 1. The van der Waals surface area contributed by atoms with Gasteiger partial charge in [0, 0.05) is 6.04 Å². The van der Waals surface area contributed by atoms with Gasteiger partial charge in [-0.15, -0.1) is 0 Å². The summed E-state index contributed by atoms with van der Waals surface area (Å²) >= 11 is 0. The lowest BCUT2D eigenvalue weighted by molar-refractivity contribution is -0.138. The van der Waals surface area contributed by atoms with E-state index in [1.54, 1.807) is 0 Å². The zero-order chi connectivity index (χ0) is 20.3. The summed E-state index contributed by atoms with van der Waals surface area (Å²) in [7, 11) is 0. The van der Waals surface area contributed by atoms with E-state index >= 15 is 0 Å². The Balaban J connectivity index is 1.68. The minimum Gasteiger partial charge on any atom is -0.480 e. The van der Waals surface area contributed by atoms with E-state index in [1.165, 1.54) is 49.4 Å². The number of amides is 1. The average molecular weight is 392 g/mol. The van der Waals surface area contributed by atoms with Gasteiger partial charge in [-0.2, -0.15) is 5.10 Å². The highest BCUT2D eigenvalue weighted by Gasteiger charge is 2.35. The molecule has 1 amide bonds. The van der Waals surface area contributed by atoms with Crippen molar-refractivity contribution < 1.29 is 19.4 Å². The number of carboxylic acid groups (broad SMARTS) is 1. The van der Waals surface area contributed by atoms with Crippen molar-refractivity contribution in [1.82, 2.24) is 15.1 Å². The van der Waals surface area contributed by atoms with Gasteiger partial charge in [0.1, 0.15) is 12.1 Å². The highest BCUT2D eigenvalue weighted by Crippen LogP contribution is 2.43. The van der Waals surface area contributed by atoms with Crippen molar-refractivity contribution in [2.45, 2.75) is 71.9 Å². The van der Waals surface area contributed by atoms with Crippen LogP contribution in [-0.2, 0) is 11.3 Å². The second-order valence-electron chi connectivity index (χ2n) is 9.01. The summed E-state index contributed by atoms with van der Waals surface area (Å²) in [4.78, 5) is 24.0. The quantitative estimate of drug-likeness (QED) is 0.709. The van der Waals surface area contributed by atoms with Crippen molar-refractivity contribution >= 4 is 11.9 Å². The van der Waals surface area contributed by atoms with Crippen LogP contribution in [0.1, 0.15) is 69.7 Å². The molecule has 2 aliphatic carbocycles. The summed E-state index contributed by atoms with van der Waals surface area (Å²) in [6, 6.07) is 0.0803. The van der Waals surface area contributed by atoms with E-state index in [9.17, 15) is 9.59 Å². The third-order valence-corrected chi connectivity index (χ3v) is 6.10. The normalized spacial score (nSPS) is 25.4. The molecular formula is C21H33N3O4. The maximum atomic E-state index is 12.9. The van der Waals surface area contributed by atoms with E-state index in [4.69, 9.17) is 9.84 Å². The fourth-order valence-corrected chi connectivity index (χ4v) is 4.76. The van der Waals surface area contributed by atoms with Crippen LogP contribution in [0.5, 0.6) is 5.88 Å². The molecule has 0 radical (unpaired) electrons. The number of hydrogen-bond acceptors (Lipinski definition) is 4. The first-order valence-electron chi connectivity index (χ1n) is 10.5. The number of nitrogens with zero attached hydrogens (tertiary/aromatic N) is 2. The number of aliphatic carboxylic acids is 1. The molecule has 3 unspecified atom stereocenters. The van der Waals surface area contributed by atoms with E-state index in [2.05, 4.69) is 17.3 Å². The predicted molar refractivity (Wildman–Crippen MR) is 105 cm³/mol. The molecule has 2 fully saturated rings. The summed E-state index contributed by atoms with van der Waals surface area (Å²) in [6.07, 6.45) is 9.14. The standard InChI is InChI=1S/C21H33N3O4/c1-13(2)12-28-21-18(10-22-24(21)11-19(25)26)20(27)23-14(3)17-8-15-5-4-6-16(7-15)9-17/h10,13-17H,4-9,11-12H2,1-3H3,(H,23,27)(H,25,26). The van der Waals surface area contributed by atoms with Crippen LogP contribution in [0.3, 0.4) is 0 Å². The molecule has 2 saturated carbocycles. The van der Waals surface area contributed by atoms with E-state index in [0.717, 1.165) is 11.8 Å².